The standard InChI is InChI=1S/C25H28F2N2O5S/c1-24(2)19-13-16(22(30)28-25(3)9-11-35(32,33)12-10-25)7-8-20(19)29(23(24)31)17-5-4-6-18(14-17)34-15-21(26)27/h4-8,13-14,21H,9-12,15H2,1-3H3,(H,28,30). The van der Waals surface area contributed by atoms with E-state index in [1.807, 2.05) is 6.92 Å². The van der Waals surface area contributed by atoms with E-state index in [9.17, 15) is 26.8 Å². The normalized spacial score (nSPS) is 19.9. The van der Waals surface area contributed by atoms with Gasteiger partial charge in [0.2, 0.25) is 5.91 Å². The van der Waals surface area contributed by atoms with Gasteiger partial charge in [-0.1, -0.05) is 6.07 Å². The predicted octanol–water partition coefficient (Wildman–Crippen LogP) is 3.98. The quantitative estimate of drug-likeness (QED) is 0.640. The van der Waals surface area contributed by atoms with Crippen molar-refractivity contribution in [2.45, 2.75) is 51.0 Å². The molecule has 2 aromatic rings. The monoisotopic (exact) mass is 506 g/mol. The molecule has 0 spiro atoms. The number of rotatable bonds is 6. The molecule has 0 aliphatic carbocycles. The first-order valence-electron chi connectivity index (χ1n) is 11.3. The Morgan fingerprint density at radius 3 is 2.46 bits per heavy atom. The van der Waals surface area contributed by atoms with Crippen LogP contribution >= 0.6 is 0 Å². The van der Waals surface area contributed by atoms with E-state index in [0.717, 1.165) is 0 Å². The Morgan fingerprint density at radius 1 is 1.11 bits per heavy atom. The van der Waals surface area contributed by atoms with Gasteiger partial charge in [0.25, 0.3) is 12.3 Å². The van der Waals surface area contributed by atoms with Crippen LogP contribution in [0.4, 0.5) is 20.2 Å². The summed E-state index contributed by atoms with van der Waals surface area (Å²) in [5.74, 6) is -0.269. The molecule has 2 aromatic carbocycles. The van der Waals surface area contributed by atoms with Crippen LogP contribution < -0.4 is 15.0 Å². The van der Waals surface area contributed by atoms with Gasteiger partial charge in [-0.2, -0.15) is 0 Å². The van der Waals surface area contributed by atoms with Gasteiger partial charge in [0.15, 0.2) is 0 Å². The highest BCUT2D eigenvalue weighted by molar-refractivity contribution is 7.91. The average molecular weight is 507 g/mol. The lowest BCUT2D eigenvalue weighted by atomic mass is 9.85. The Bertz CT molecular complexity index is 1260. The molecule has 10 heteroatoms. The molecule has 2 amide bonds. The fraction of sp³-hybridized carbons (Fsp3) is 0.440. The first-order chi connectivity index (χ1) is 16.3. The Labute approximate surface area is 203 Å². The molecule has 188 valence electrons. The maximum Gasteiger partial charge on any atom is 0.272 e. The SMILES string of the molecule is CC1(NC(=O)c2ccc3c(c2)C(C)(C)C(=O)N3c2cccc(OCC(F)F)c2)CCS(=O)(=O)CC1. The molecule has 0 bridgehead atoms. The molecular weight excluding hydrogens is 478 g/mol. The molecule has 1 N–H and O–H groups in total. The molecule has 35 heavy (non-hydrogen) atoms. The number of hydrogen-bond donors (Lipinski definition) is 1. The maximum atomic E-state index is 13.4. The summed E-state index contributed by atoms with van der Waals surface area (Å²) in [6.07, 6.45) is -1.93. The van der Waals surface area contributed by atoms with Gasteiger partial charge in [-0.15, -0.1) is 0 Å². The largest absolute Gasteiger partial charge is 0.488 e. The van der Waals surface area contributed by atoms with Crippen molar-refractivity contribution in [3.63, 3.8) is 0 Å². The van der Waals surface area contributed by atoms with Gasteiger partial charge < -0.3 is 10.1 Å². The number of ether oxygens (including phenoxy) is 1. The molecule has 1 fully saturated rings. The molecular formula is C25H28F2N2O5S. The predicted molar refractivity (Wildman–Crippen MR) is 128 cm³/mol. The Morgan fingerprint density at radius 2 is 1.80 bits per heavy atom. The van der Waals surface area contributed by atoms with E-state index in [2.05, 4.69) is 5.32 Å². The van der Waals surface area contributed by atoms with Crippen molar-refractivity contribution in [3.8, 4) is 5.75 Å². The molecule has 4 rings (SSSR count). The molecule has 0 aromatic heterocycles. The third kappa shape index (κ3) is 5.03. The van der Waals surface area contributed by atoms with Crippen LogP contribution in [0.2, 0.25) is 0 Å². The number of nitrogens with one attached hydrogen (secondary N) is 1. The number of hydrogen-bond acceptors (Lipinski definition) is 5. The number of fused-ring (bicyclic) bond motifs is 1. The Hall–Kier alpha value is -3.01. The third-order valence-electron chi connectivity index (χ3n) is 6.71. The number of anilines is 2. The van der Waals surface area contributed by atoms with Crippen molar-refractivity contribution in [1.82, 2.24) is 5.32 Å². The molecule has 2 aliphatic heterocycles. The number of sulfone groups is 1. The van der Waals surface area contributed by atoms with Gasteiger partial charge in [0.05, 0.1) is 28.3 Å². The number of amides is 2. The Kier molecular flexibility index (Phi) is 6.37. The van der Waals surface area contributed by atoms with Crippen molar-refractivity contribution in [3.05, 3.63) is 53.6 Å². The number of halogens is 2. The summed E-state index contributed by atoms with van der Waals surface area (Å²) < 4.78 is 53.7. The lowest BCUT2D eigenvalue weighted by Crippen LogP contribution is -2.50. The van der Waals surface area contributed by atoms with Gasteiger partial charge in [0.1, 0.15) is 22.2 Å². The highest BCUT2D eigenvalue weighted by Gasteiger charge is 2.45. The van der Waals surface area contributed by atoms with Gasteiger partial charge in [-0.3, -0.25) is 14.5 Å². The summed E-state index contributed by atoms with van der Waals surface area (Å²) in [5.41, 5.74) is 0.533. The maximum absolute atomic E-state index is 13.4. The van der Waals surface area contributed by atoms with Crippen LogP contribution in [0.1, 0.15) is 49.5 Å². The molecule has 0 saturated carbocycles. The highest BCUT2D eigenvalue weighted by Crippen LogP contribution is 2.46. The zero-order valence-electron chi connectivity index (χ0n) is 19.8. The third-order valence-corrected chi connectivity index (χ3v) is 8.36. The lowest BCUT2D eigenvalue weighted by Gasteiger charge is -2.34. The fourth-order valence-electron chi connectivity index (χ4n) is 4.46. The van der Waals surface area contributed by atoms with E-state index in [4.69, 9.17) is 4.74 Å². The fourth-order valence-corrected chi connectivity index (χ4v) is 6.19. The van der Waals surface area contributed by atoms with Crippen molar-refractivity contribution < 1.29 is 31.5 Å². The van der Waals surface area contributed by atoms with Gasteiger partial charge >= 0.3 is 0 Å². The second kappa shape index (κ2) is 8.89. The summed E-state index contributed by atoms with van der Waals surface area (Å²) in [5, 5.41) is 2.97. The lowest BCUT2D eigenvalue weighted by molar-refractivity contribution is -0.121. The minimum Gasteiger partial charge on any atom is -0.488 e. The van der Waals surface area contributed by atoms with E-state index in [1.54, 1.807) is 50.2 Å². The van der Waals surface area contributed by atoms with Crippen LogP contribution in [-0.4, -0.2) is 50.3 Å². The second-order valence-corrected chi connectivity index (χ2v) is 12.2. The van der Waals surface area contributed by atoms with Gasteiger partial charge in [-0.25, -0.2) is 17.2 Å². The first kappa shape index (κ1) is 25.1. The minimum absolute atomic E-state index is 0.0323. The molecule has 2 heterocycles. The van der Waals surface area contributed by atoms with Crippen molar-refractivity contribution in [1.29, 1.82) is 0 Å². The first-order valence-corrected chi connectivity index (χ1v) is 13.2. The molecule has 0 atom stereocenters. The van der Waals surface area contributed by atoms with Crippen molar-refractivity contribution >= 4 is 33.0 Å². The molecule has 1 saturated heterocycles. The number of alkyl halides is 2. The van der Waals surface area contributed by atoms with E-state index < -0.39 is 33.8 Å². The van der Waals surface area contributed by atoms with Crippen LogP contribution in [0.3, 0.4) is 0 Å². The zero-order valence-corrected chi connectivity index (χ0v) is 20.6. The van der Waals surface area contributed by atoms with E-state index in [1.165, 1.54) is 11.0 Å². The van der Waals surface area contributed by atoms with Gasteiger partial charge in [0, 0.05) is 17.2 Å². The van der Waals surface area contributed by atoms with Crippen molar-refractivity contribution in [2.75, 3.05) is 23.0 Å². The summed E-state index contributed by atoms with van der Waals surface area (Å²) in [4.78, 5) is 27.9. The summed E-state index contributed by atoms with van der Waals surface area (Å²) in [7, 11) is -3.07. The Balaban J connectivity index is 1.61. The number of nitrogens with zero attached hydrogens (tertiary/aromatic N) is 1. The van der Waals surface area contributed by atoms with Crippen LogP contribution in [0.5, 0.6) is 5.75 Å². The molecule has 0 unspecified atom stereocenters. The second-order valence-electron chi connectivity index (χ2n) is 9.86. The number of benzene rings is 2. The molecule has 2 aliphatic rings. The van der Waals surface area contributed by atoms with E-state index in [-0.39, 0.29) is 29.1 Å². The number of carbonyl (C=O) groups excluding carboxylic acids is 2. The van der Waals surface area contributed by atoms with Crippen molar-refractivity contribution in [2.24, 2.45) is 0 Å². The van der Waals surface area contributed by atoms with E-state index in [0.29, 0.717) is 35.3 Å². The topological polar surface area (TPSA) is 92.8 Å². The number of carbonyl (C=O) groups is 2. The van der Waals surface area contributed by atoms with Crippen LogP contribution in [0.15, 0.2) is 42.5 Å². The van der Waals surface area contributed by atoms with Crippen LogP contribution in [0.25, 0.3) is 0 Å². The zero-order chi connectivity index (χ0) is 25.6. The molecule has 7 nitrogen and oxygen atoms in total. The molecule has 0 radical (unpaired) electrons. The minimum atomic E-state index is -3.07. The highest BCUT2D eigenvalue weighted by atomic mass is 32.2. The summed E-state index contributed by atoms with van der Waals surface area (Å²) in [6, 6.07) is 11.4. The average Bonchev–Trinajstić information content (AvgIpc) is 3.00. The van der Waals surface area contributed by atoms with Gasteiger partial charge in [-0.05, 0) is 69.5 Å². The summed E-state index contributed by atoms with van der Waals surface area (Å²) in [6.45, 7) is 4.62. The smallest absolute Gasteiger partial charge is 0.272 e. The van der Waals surface area contributed by atoms with E-state index >= 15 is 0 Å². The van der Waals surface area contributed by atoms with Crippen LogP contribution in [0, 0.1) is 0 Å². The van der Waals surface area contributed by atoms with Crippen LogP contribution in [-0.2, 0) is 20.0 Å². The summed E-state index contributed by atoms with van der Waals surface area (Å²) >= 11 is 0.